The molecule has 0 atom stereocenters. The number of ether oxygens (including phenoxy) is 1. The molecule has 0 saturated heterocycles. The lowest BCUT2D eigenvalue weighted by atomic mass is 9.95. The van der Waals surface area contributed by atoms with E-state index in [1.165, 1.54) is 6.07 Å². The number of pyridine rings is 1. The Kier molecular flexibility index (Phi) is 4.59. The summed E-state index contributed by atoms with van der Waals surface area (Å²) in [5.74, 6) is 0.828. The number of hydrogen-bond donors (Lipinski definition) is 1. The van der Waals surface area contributed by atoms with Gasteiger partial charge < -0.3 is 10.1 Å². The van der Waals surface area contributed by atoms with Crippen molar-refractivity contribution in [1.82, 2.24) is 10.3 Å². The van der Waals surface area contributed by atoms with Crippen LogP contribution >= 0.6 is 0 Å². The van der Waals surface area contributed by atoms with Gasteiger partial charge in [0.1, 0.15) is 17.3 Å². The number of nitrogens with one attached hydrogen (secondary N) is 1. The van der Waals surface area contributed by atoms with Gasteiger partial charge in [-0.1, -0.05) is 18.2 Å². The molecule has 1 heterocycles. The molecule has 0 aliphatic heterocycles. The van der Waals surface area contributed by atoms with E-state index in [0.717, 1.165) is 18.4 Å². The van der Waals surface area contributed by atoms with Crippen molar-refractivity contribution in [2.45, 2.75) is 18.3 Å². The summed E-state index contributed by atoms with van der Waals surface area (Å²) in [6, 6.07) is 17.2. The average molecular weight is 362 g/mol. The molecule has 1 aliphatic rings. The van der Waals surface area contributed by atoms with Crippen molar-refractivity contribution >= 4 is 5.91 Å². The fourth-order valence-corrected chi connectivity index (χ4v) is 3.13. The molecule has 1 aromatic heterocycles. The first-order chi connectivity index (χ1) is 13.1. The summed E-state index contributed by atoms with van der Waals surface area (Å²) < 4.78 is 19.3. The molecular weight excluding hydrogens is 343 g/mol. The van der Waals surface area contributed by atoms with E-state index in [1.807, 2.05) is 6.07 Å². The molecule has 1 N–H and O–H groups in total. The second kappa shape index (κ2) is 7.19. The molecule has 0 bridgehead atoms. The van der Waals surface area contributed by atoms with Gasteiger partial charge in [0.05, 0.1) is 0 Å². The molecule has 136 valence electrons. The molecule has 5 heteroatoms. The zero-order valence-electron chi connectivity index (χ0n) is 14.7. The second-order valence-corrected chi connectivity index (χ2v) is 6.79. The molecule has 0 radical (unpaired) electrons. The van der Waals surface area contributed by atoms with Crippen LogP contribution < -0.4 is 10.1 Å². The van der Waals surface area contributed by atoms with Crippen LogP contribution in [0.2, 0.25) is 0 Å². The molecule has 27 heavy (non-hydrogen) atoms. The third-order valence-electron chi connectivity index (χ3n) is 4.86. The number of hydrogen-bond acceptors (Lipinski definition) is 3. The summed E-state index contributed by atoms with van der Waals surface area (Å²) >= 11 is 0. The normalized spacial score (nSPS) is 14.4. The van der Waals surface area contributed by atoms with E-state index in [-0.39, 0.29) is 17.1 Å². The van der Waals surface area contributed by atoms with Crippen LogP contribution in [0.3, 0.4) is 0 Å². The summed E-state index contributed by atoms with van der Waals surface area (Å²) in [4.78, 5) is 16.5. The third kappa shape index (κ3) is 3.97. The number of amides is 1. The molecule has 2 aromatic carbocycles. The van der Waals surface area contributed by atoms with Crippen LogP contribution in [0.25, 0.3) is 0 Å². The first kappa shape index (κ1) is 17.2. The van der Waals surface area contributed by atoms with Gasteiger partial charge in [0.15, 0.2) is 0 Å². The van der Waals surface area contributed by atoms with Crippen LogP contribution in [0.15, 0.2) is 73.1 Å². The van der Waals surface area contributed by atoms with Crippen molar-refractivity contribution in [3.05, 3.63) is 90.0 Å². The smallest absolute Gasteiger partial charge is 0.251 e. The summed E-state index contributed by atoms with van der Waals surface area (Å²) in [6.45, 7) is 0.491. The SMILES string of the molecule is O=C(NCC1(c2cccc(F)c2)CC1)c1cccc(Oc2ccncc2)c1. The van der Waals surface area contributed by atoms with Gasteiger partial charge in [-0.25, -0.2) is 4.39 Å². The predicted octanol–water partition coefficient (Wildman–Crippen LogP) is 4.47. The molecule has 1 amide bonds. The number of carbonyl (C=O) groups excluding carboxylic acids is 1. The monoisotopic (exact) mass is 362 g/mol. The highest BCUT2D eigenvalue weighted by atomic mass is 19.1. The average Bonchev–Trinajstić information content (AvgIpc) is 3.48. The molecule has 0 unspecified atom stereocenters. The highest BCUT2D eigenvalue weighted by Gasteiger charge is 2.44. The fourth-order valence-electron chi connectivity index (χ4n) is 3.13. The maximum Gasteiger partial charge on any atom is 0.251 e. The van der Waals surface area contributed by atoms with Crippen molar-refractivity contribution in [2.24, 2.45) is 0 Å². The topological polar surface area (TPSA) is 51.2 Å². The van der Waals surface area contributed by atoms with E-state index in [9.17, 15) is 9.18 Å². The molecule has 1 fully saturated rings. The van der Waals surface area contributed by atoms with Crippen LogP contribution in [0.4, 0.5) is 4.39 Å². The van der Waals surface area contributed by atoms with Crippen molar-refractivity contribution in [3.8, 4) is 11.5 Å². The van der Waals surface area contributed by atoms with Gasteiger partial charge >= 0.3 is 0 Å². The van der Waals surface area contributed by atoms with Gasteiger partial charge in [-0.15, -0.1) is 0 Å². The Balaban J connectivity index is 1.42. The third-order valence-corrected chi connectivity index (χ3v) is 4.86. The van der Waals surface area contributed by atoms with Crippen LogP contribution in [-0.2, 0) is 5.41 Å². The Hall–Kier alpha value is -3.21. The zero-order chi connectivity index (χ0) is 18.7. The lowest BCUT2D eigenvalue weighted by Gasteiger charge is -2.17. The molecule has 4 rings (SSSR count). The minimum Gasteiger partial charge on any atom is -0.457 e. The maximum atomic E-state index is 13.5. The summed E-state index contributed by atoms with van der Waals surface area (Å²) in [5, 5.41) is 2.98. The predicted molar refractivity (Wildman–Crippen MR) is 100 cm³/mol. The molecular formula is C22H19FN2O2. The van der Waals surface area contributed by atoms with Gasteiger partial charge in [-0.05, 0) is 60.9 Å². The van der Waals surface area contributed by atoms with Crippen LogP contribution in [0.1, 0.15) is 28.8 Å². The van der Waals surface area contributed by atoms with Crippen molar-refractivity contribution in [1.29, 1.82) is 0 Å². The largest absolute Gasteiger partial charge is 0.457 e. The quantitative estimate of drug-likeness (QED) is 0.704. The molecule has 0 spiro atoms. The van der Waals surface area contributed by atoms with Gasteiger partial charge in [0.2, 0.25) is 0 Å². The number of aromatic nitrogens is 1. The van der Waals surface area contributed by atoms with Gasteiger partial charge in [-0.2, -0.15) is 0 Å². The summed E-state index contributed by atoms with van der Waals surface area (Å²) in [5.41, 5.74) is 1.32. The fraction of sp³-hybridized carbons (Fsp3) is 0.182. The standard InChI is InChI=1S/C22H19FN2O2/c23-18-5-2-4-17(14-18)22(9-10-22)15-25-21(26)16-3-1-6-20(13-16)27-19-7-11-24-12-8-19/h1-8,11-14H,9-10,15H2,(H,25,26). The number of carbonyl (C=O) groups is 1. The lowest BCUT2D eigenvalue weighted by molar-refractivity contribution is 0.0949. The van der Waals surface area contributed by atoms with E-state index >= 15 is 0 Å². The number of nitrogens with zero attached hydrogens (tertiary/aromatic N) is 1. The van der Waals surface area contributed by atoms with E-state index < -0.39 is 0 Å². The second-order valence-electron chi connectivity index (χ2n) is 6.79. The van der Waals surface area contributed by atoms with Crippen LogP contribution in [0.5, 0.6) is 11.5 Å². The van der Waals surface area contributed by atoms with Crippen LogP contribution in [0, 0.1) is 5.82 Å². The molecule has 4 nitrogen and oxygen atoms in total. The van der Waals surface area contributed by atoms with Crippen molar-refractivity contribution in [3.63, 3.8) is 0 Å². The van der Waals surface area contributed by atoms with E-state index in [1.54, 1.807) is 60.9 Å². The zero-order valence-corrected chi connectivity index (χ0v) is 14.7. The Labute approximate surface area is 157 Å². The Bertz CT molecular complexity index is 955. The summed E-state index contributed by atoms with van der Waals surface area (Å²) in [7, 11) is 0. The lowest BCUT2D eigenvalue weighted by Crippen LogP contribution is -2.32. The number of rotatable bonds is 6. The Morgan fingerprint density at radius 1 is 1.04 bits per heavy atom. The minimum absolute atomic E-state index is 0.150. The van der Waals surface area contributed by atoms with E-state index in [2.05, 4.69) is 10.3 Å². The maximum absolute atomic E-state index is 13.5. The highest BCUT2D eigenvalue weighted by molar-refractivity contribution is 5.94. The van der Waals surface area contributed by atoms with Crippen molar-refractivity contribution in [2.75, 3.05) is 6.54 Å². The summed E-state index contributed by atoms with van der Waals surface area (Å²) in [6.07, 6.45) is 5.19. The van der Waals surface area contributed by atoms with Gasteiger partial charge in [-0.3, -0.25) is 9.78 Å². The van der Waals surface area contributed by atoms with E-state index in [4.69, 9.17) is 4.74 Å². The van der Waals surface area contributed by atoms with Gasteiger partial charge in [0.25, 0.3) is 5.91 Å². The van der Waals surface area contributed by atoms with Crippen molar-refractivity contribution < 1.29 is 13.9 Å². The van der Waals surface area contributed by atoms with Gasteiger partial charge in [0, 0.05) is 29.9 Å². The first-order valence-electron chi connectivity index (χ1n) is 8.87. The van der Waals surface area contributed by atoms with E-state index in [0.29, 0.717) is 23.6 Å². The Morgan fingerprint density at radius 3 is 2.56 bits per heavy atom. The minimum atomic E-state index is -0.244. The Morgan fingerprint density at radius 2 is 1.81 bits per heavy atom. The highest BCUT2D eigenvalue weighted by Crippen LogP contribution is 2.47. The number of halogens is 1. The first-order valence-corrected chi connectivity index (χ1v) is 8.87. The molecule has 3 aromatic rings. The molecule has 1 saturated carbocycles. The van der Waals surface area contributed by atoms with Crippen LogP contribution in [-0.4, -0.2) is 17.4 Å². The molecule has 1 aliphatic carbocycles. The number of benzene rings is 2.